The van der Waals surface area contributed by atoms with E-state index in [1.165, 1.54) is 58.7 Å². The van der Waals surface area contributed by atoms with E-state index in [1.54, 1.807) is 0 Å². The van der Waals surface area contributed by atoms with E-state index >= 15 is 0 Å². The number of hydrogen-bond acceptors (Lipinski definition) is 4. The molecule has 0 spiro atoms. The fourth-order valence-electron chi connectivity index (χ4n) is 3.31. The van der Waals surface area contributed by atoms with Gasteiger partial charge in [0, 0.05) is 52.4 Å². The molecule has 0 aromatic rings. The quantitative estimate of drug-likeness (QED) is 0.661. The number of piperazine rings is 1. The zero-order chi connectivity index (χ0) is 15.7. The highest BCUT2D eigenvalue weighted by atomic mass is 15.3. The molecule has 126 valence electrons. The molecule has 1 fully saturated rings. The summed E-state index contributed by atoms with van der Waals surface area (Å²) >= 11 is 0. The Morgan fingerprint density at radius 3 is 2.19 bits per heavy atom. The van der Waals surface area contributed by atoms with Crippen LogP contribution in [0.25, 0.3) is 0 Å². The van der Waals surface area contributed by atoms with Gasteiger partial charge in [-0.3, -0.25) is 4.90 Å². The van der Waals surface area contributed by atoms with E-state index in [0.29, 0.717) is 5.41 Å². The van der Waals surface area contributed by atoms with Gasteiger partial charge < -0.3 is 15.1 Å². The molecule has 1 heterocycles. The Labute approximate surface area is 132 Å². The van der Waals surface area contributed by atoms with Crippen molar-refractivity contribution in [1.29, 1.82) is 0 Å². The molecule has 1 aliphatic rings. The molecule has 0 bridgehead atoms. The van der Waals surface area contributed by atoms with Crippen LogP contribution in [0.1, 0.15) is 33.6 Å². The standard InChI is InChI=1S/C17H38N4/c1-6-8-17(3,15-18-7-2)16-21-13-11-20(12-14-21)10-9-19(4)5/h18H,6-16H2,1-5H3. The minimum Gasteiger partial charge on any atom is -0.316 e. The SMILES string of the molecule is CCCC(C)(CNCC)CN1CCN(CCN(C)C)CC1. The molecule has 0 radical (unpaired) electrons. The van der Waals surface area contributed by atoms with Crippen LogP contribution in [0.2, 0.25) is 0 Å². The van der Waals surface area contributed by atoms with E-state index in [-0.39, 0.29) is 0 Å². The average Bonchev–Trinajstić information content (AvgIpc) is 2.45. The fraction of sp³-hybridized carbons (Fsp3) is 1.00. The number of rotatable bonds is 10. The first-order chi connectivity index (χ1) is 9.99. The second-order valence-electron chi connectivity index (χ2n) is 7.26. The summed E-state index contributed by atoms with van der Waals surface area (Å²) in [6.07, 6.45) is 2.60. The number of nitrogens with zero attached hydrogens (tertiary/aromatic N) is 3. The lowest BCUT2D eigenvalue weighted by Gasteiger charge is -2.40. The molecule has 4 heteroatoms. The summed E-state index contributed by atoms with van der Waals surface area (Å²) in [6, 6.07) is 0. The third-order valence-electron chi connectivity index (χ3n) is 4.59. The highest BCUT2D eigenvalue weighted by Gasteiger charge is 2.27. The number of likely N-dealkylation sites (N-methyl/N-ethyl adjacent to an activating group) is 1. The first-order valence-corrected chi connectivity index (χ1v) is 8.79. The van der Waals surface area contributed by atoms with Gasteiger partial charge in [-0.25, -0.2) is 0 Å². The lowest BCUT2D eigenvalue weighted by molar-refractivity contribution is 0.0829. The van der Waals surface area contributed by atoms with Crippen LogP contribution in [0.3, 0.4) is 0 Å². The molecule has 1 rings (SSSR count). The summed E-state index contributed by atoms with van der Waals surface area (Å²) in [5, 5.41) is 3.56. The second kappa shape index (κ2) is 9.78. The van der Waals surface area contributed by atoms with Crippen LogP contribution in [-0.2, 0) is 0 Å². The van der Waals surface area contributed by atoms with E-state index in [1.807, 2.05) is 0 Å². The lowest BCUT2D eigenvalue weighted by Crippen LogP contribution is -2.52. The molecule has 0 aromatic heterocycles. The van der Waals surface area contributed by atoms with Crippen LogP contribution in [0.4, 0.5) is 0 Å². The van der Waals surface area contributed by atoms with Crippen LogP contribution < -0.4 is 5.32 Å². The lowest BCUT2D eigenvalue weighted by atomic mass is 9.84. The maximum absolute atomic E-state index is 3.56. The van der Waals surface area contributed by atoms with Crippen LogP contribution in [0.15, 0.2) is 0 Å². The highest BCUT2D eigenvalue weighted by molar-refractivity contribution is 4.83. The van der Waals surface area contributed by atoms with E-state index in [4.69, 9.17) is 0 Å². The van der Waals surface area contributed by atoms with Gasteiger partial charge in [0.15, 0.2) is 0 Å². The van der Waals surface area contributed by atoms with E-state index in [2.05, 4.69) is 54.9 Å². The van der Waals surface area contributed by atoms with Crippen molar-refractivity contribution < 1.29 is 0 Å². The van der Waals surface area contributed by atoms with Crippen LogP contribution >= 0.6 is 0 Å². The van der Waals surface area contributed by atoms with Gasteiger partial charge in [0.05, 0.1) is 0 Å². The van der Waals surface area contributed by atoms with Crippen molar-refractivity contribution in [3.8, 4) is 0 Å². The summed E-state index contributed by atoms with van der Waals surface area (Å²) in [5.74, 6) is 0. The van der Waals surface area contributed by atoms with Gasteiger partial charge >= 0.3 is 0 Å². The van der Waals surface area contributed by atoms with Crippen molar-refractivity contribution in [2.24, 2.45) is 5.41 Å². The Morgan fingerprint density at radius 1 is 1.05 bits per heavy atom. The Hall–Kier alpha value is -0.160. The van der Waals surface area contributed by atoms with Gasteiger partial charge in [0.2, 0.25) is 0 Å². The maximum Gasteiger partial charge on any atom is 0.0110 e. The zero-order valence-electron chi connectivity index (χ0n) is 15.1. The van der Waals surface area contributed by atoms with Crippen LogP contribution in [0, 0.1) is 5.41 Å². The second-order valence-corrected chi connectivity index (χ2v) is 7.26. The summed E-state index contributed by atoms with van der Waals surface area (Å²) in [7, 11) is 4.32. The minimum absolute atomic E-state index is 0.427. The van der Waals surface area contributed by atoms with Crippen molar-refractivity contribution in [3.05, 3.63) is 0 Å². The van der Waals surface area contributed by atoms with Gasteiger partial charge in [-0.1, -0.05) is 27.2 Å². The van der Waals surface area contributed by atoms with Gasteiger partial charge in [0.25, 0.3) is 0 Å². The molecule has 0 aromatic carbocycles. The molecule has 4 nitrogen and oxygen atoms in total. The smallest absolute Gasteiger partial charge is 0.0110 e. The first kappa shape index (κ1) is 18.9. The zero-order valence-corrected chi connectivity index (χ0v) is 15.1. The molecular weight excluding hydrogens is 260 g/mol. The average molecular weight is 299 g/mol. The third-order valence-corrected chi connectivity index (χ3v) is 4.59. The molecule has 0 amide bonds. The molecule has 1 N–H and O–H groups in total. The summed E-state index contributed by atoms with van der Waals surface area (Å²) in [5.41, 5.74) is 0.427. The number of nitrogens with one attached hydrogen (secondary N) is 1. The maximum atomic E-state index is 3.56. The van der Waals surface area contributed by atoms with E-state index in [0.717, 1.165) is 13.1 Å². The van der Waals surface area contributed by atoms with E-state index in [9.17, 15) is 0 Å². The van der Waals surface area contributed by atoms with E-state index < -0.39 is 0 Å². The van der Waals surface area contributed by atoms with Gasteiger partial charge in [-0.2, -0.15) is 0 Å². The first-order valence-electron chi connectivity index (χ1n) is 8.79. The highest BCUT2D eigenvalue weighted by Crippen LogP contribution is 2.24. The van der Waals surface area contributed by atoms with Crippen molar-refractivity contribution in [3.63, 3.8) is 0 Å². The largest absolute Gasteiger partial charge is 0.316 e. The Bertz CT molecular complexity index is 262. The topological polar surface area (TPSA) is 21.8 Å². The molecule has 21 heavy (non-hydrogen) atoms. The van der Waals surface area contributed by atoms with Crippen LogP contribution in [0.5, 0.6) is 0 Å². The molecule has 0 aliphatic carbocycles. The minimum atomic E-state index is 0.427. The fourth-order valence-corrected chi connectivity index (χ4v) is 3.31. The molecule has 1 aliphatic heterocycles. The van der Waals surface area contributed by atoms with Crippen LogP contribution in [-0.4, -0.2) is 87.7 Å². The Morgan fingerprint density at radius 2 is 1.67 bits per heavy atom. The Balaban J connectivity index is 2.34. The van der Waals surface area contributed by atoms with Gasteiger partial charge in [-0.15, -0.1) is 0 Å². The monoisotopic (exact) mass is 298 g/mol. The van der Waals surface area contributed by atoms with Crippen molar-refractivity contribution >= 4 is 0 Å². The molecule has 0 saturated carbocycles. The molecule has 1 atom stereocenters. The summed E-state index contributed by atoms with van der Waals surface area (Å²) in [4.78, 5) is 7.57. The van der Waals surface area contributed by atoms with Gasteiger partial charge in [0.1, 0.15) is 0 Å². The van der Waals surface area contributed by atoms with Crippen molar-refractivity contribution in [2.45, 2.75) is 33.6 Å². The summed E-state index contributed by atoms with van der Waals surface area (Å²) in [6.45, 7) is 17.8. The molecule has 1 unspecified atom stereocenters. The molecule has 1 saturated heterocycles. The summed E-state index contributed by atoms with van der Waals surface area (Å²) < 4.78 is 0. The number of hydrogen-bond donors (Lipinski definition) is 1. The normalized spacial score (nSPS) is 20.9. The Kier molecular flexibility index (Phi) is 8.79. The van der Waals surface area contributed by atoms with Gasteiger partial charge in [-0.05, 0) is 32.5 Å². The van der Waals surface area contributed by atoms with Crippen molar-refractivity contribution in [1.82, 2.24) is 20.0 Å². The molecular formula is C17H38N4. The predicted octanol–water partition coefficient (Wildman–Crippen LogP) is 1.58. The third kappa shape index (κ3) is 7.59. The van der Waals surface area contributed by atoms with Crippen molar-refractivity contribution in [2.75, 3.05) is 73.0 Å². The predicted molar refractivity (Wildman–Crippen MR) is 93.0 cm³/mol.